The Morgan fingerprint density at radius 1 is 1.50 bits per heavy atom. The first-order valence-corrected chi connectivity index (χ1v) is 5.93. The number of aromatic amines is 1. The number of hydrogen-bond acceptors (Lipinski definition) is 3. The fourth-order valence-electron chi connectivity index (χ4n) is 1.15. The molecule has 0 fully saturated rings. The van der Waals surface area contributed by atoms with Gasteiger partial charge < -0.3 is 4.98 Å². The van der Waals surface area contributed by atoms with Gasteiger partial charge in [0.2, 0.25) is 0 Å². The van der Waals surface area contributed by atoms with E-state index in [0.717, 1.165) is 5.69 Å². The molecule has 2 nitrogen and oxygen atoms in total. The van der Waals surface area contributed by atoms with E-state index in [2.05, 4.69) is 42.4 Å². The normalized spacial score (nSPS) is 13.8. The summed E-state index contributed by atoms with van der Waals surface area (Å²) >= 11 is 4.18. The van der Waals surface area contributed by atoms with E-state index in [-0.39, 0.29) is 0 Å². The first-order valence-electron chi connectivity index (χ1n) is 4.00. The van der Waals surface area contributed by atoms with Gasteiger partial charge in [0.25, 0.3) is 0 Å². The first-order chi connectivity index (χ1) is 5.66. The molecule has 1 unspecified atom stereocenters. The van der Waals surface area contributed by atoms with Crippen molar-refractivity contribution in [2.75, 3.05) is 0 Å². The fourth-order valence-corrected chi connectivity index (χ4v) is 1.74. The third kappa shape index (κ3) is 1.98. The number of nitrogens with one attached hydrogen (secondary N) is 1. The van der Waals surface area contributed by atoms with Crippen LogP contribution in [-0.4, -0.2) is 9.97 Å². The minimum Gasteiger partial charge on any atom is -0.348 e. The number of aromatic nitrogens is 2. The first kappa shape index (κ1) is 9.99. The van der Waals surface area contributed by atoms with Gasteiger partial charge in [0.1, 0.15) is 0 Å². The smallest absolute Gasteiger partial charge is 0.0925 e. The molecule has 1 N–H and O–H groups in total. The van der Waals surface area contributed by atoms with Crippen molar-refractivity contribution in [2.45, 2.75) is 31.9 Å². The summed E-state index contributed by atoms with van der Waals surface area (Å²) in [4.78, 5) is 7.44. The number of nitrogens with zero attached hydrogens (tertiary/aromatic N) is 1. The Morgan fingerprint density at radius 3 is 2.67 bits per heavy atom. The molecule has 0 amide bonds. The maximum absolute atomic E-state index is 4.28. The fraction of sp³-hybridized carbons (Fsp3) is 0.625. The monoisotopic (exact) mass is 202 g/mol. The quantitative estimate of drug-likeness (QED) is 0.582. The molecule has 0 saturated heterocycles. The van der Waals surface area contributed by atoms with E-state index in [4.69, 9.17) is 0 Å². The zero-order chi connectivity index (χ0) is 9.14. The van der Waals surface area contributed by atoms with Crippen molar-refractivity contribution in [1.29, 1.82) is 0 Å². The number of H-pyrrole nitrogens is 1. The van der Waals surface area contributed by atoms with Crippen LogP contribution >= 0.6 is 22.5 Å². The molecular formula is C8H14N2S2. The molecule has 0 aromatic carbocycles. The van der Waals surface area contributed by atoms with E-state index < -0.39 is 0 Å². The highest BCUT2D eigenvalue weighted by molar-refractivity contribution is 8.68. The van der Waals surface area contributed by atoms with Gasteiger partial charge in [-0.2, -0.15) is 0 Å². The van der Waals surface area contributed by atoms with Crippen molar-refractivity contribution >= 4 is 22.5 Å². The van der Waals surface area contributed by atoms with E-state index in [0.29, 0.717) is 11.2 Å². The highest BCUT2D eigenvalue weighted by Crippen LogP contribution is 2.33. The van der Waals surface area contributed by atoms with Crippen molar-refractivity contribution in [3.05, 3.63) is 17.7 Å². The van der Waals surface area contributed by atoms with E-state index in [1.54, 1.807) is 6.33 Å². The highest BCUT2D eigenvalue weighted by Gasteiger charge is 2.14. The summed E-state index contributed by atoms with van der Waals surface area (Å²) in [5.41, 5.74) is 2.36. The molecule has 0 aliphatic carbocycles. The molecule has 0 saturated carbocycles. The van der Waals surface area contributed by atoms with Crippen molar-refractivity contribution in [3.8, 4) is 0 Å². The summed E-state index contributed by atoms with van der Waals surface area (Å²) in [6.45, 7) is 6.43. The maximum atomic E-state index is 4.28. The van der Waals surface area contributed by atoms with E-state index in [1.807, 2.05) is 0 Å². The van der Waals surface area contributed by atoms with Crippen LogP contribution < -0.4 is 0 Å². The van der Waals surface area contributed by atoms with Crippen LogP contribution in [0.15, 0.2) is 6.33 Å². The third-order valence-electron chi connectivity index (χ3n) is 1.82. The molecule has 0 aliphatic rings. The predicted molar refractivity (Wildman–Crippen MR) is 57.7 cm³/mol. The third-order valence-corrected chi connectivity index (χ3v) is 3.31. The lowest BCUT2D eigenvalue weighted by Crippen LogP contribution is -1.96. The topological polar surface area (TPSA) is 28.7 Å². The molecule has 4 heteroatoms. The molecular weight excluding hydrogens is 188 g/mol. The van der Waals surface area contributed by atoms with Crippen LogP contribution in [0.1, 0.15) is 43.3 Å². The summed E-state index contributed by atoms with van der Waals surface area (Å²) < 4.78 is 0. The van der Waals surface area contributed by atoms with Crippen LogP contribution in [0, 0.1) is 0 Å². The Morgan fingerprint density at radius 2 is 2.17 bits per heavy atom. The van der Waals surface area contributed by atoms with Crippen LogP contribution in [0.4, 0.5) is 0 Å². The number of rotatable bonds is 3. The van der Waals surface area contributed by atoms with Gasteiger partial charge in [-0.3, -0.25) is 0 Å². The molecule has 1 rings (SSSR count). The molecule has 0 bridgehead atoms. The highest BCUT2D eigenvalue weighted by atomic mass is 33.1. The Labute approximate surface area is 82.4 Å². The maximum Gasteiger partial charge on any atom is 0.0925 e. The minimum absolute atomic E-state index is 0.358. The second-order valence-electron chi connectivity index (χ2n) is 3.10. The van der Waals surface area contributed by atoms with Gasteiger partial charge in [0, 0.05) is 5.69 Å². The molecule has 1 heterocycles. The standard InChI is InChI=1S/C8H14N2S2/c1-5(2)7-8(6(3)12-11)10-4-9-7/h4-6,11H,1-3H3,(H,9,10). The summed E-state index contributed by atoms with van der Waals surface area (Å²) in [7, 11) is 1.53. The second kappa shape index (κ2) is 4.23. The van der Waals surface area contributed by atoms with Gasteiger partial charge in [-0.25, -0.2) is 4.98 Å². The van der Waals surface area contributed by atoms with Gasteiger partial charge in [-0.1, -0.05) is 24.6 Å². The van der Waals surface area contributed by atoms with Gasteiger partial charge in [0.15, 0.2) is 0 Å². The van der Waals surface area contributed by atoms with Crippen LogP contribution in [0.3, 0.4) is 0 Å². The lowest BCUT2D eigenvalue weighted by atomic mass is 10.1. The van der Waals surface area contributed by atoms with Gasteiger partial charge in [0.05, 0.1) is 17.3 Å². The summed E-state index contributed by atoms with van der Waals surface area (Å²) in [6, 6.07) is 0. The average molecular weight is 202 g/mol. The summed E-state index contributed by atoms with van der Waals surface area (Å²) in [5, 5.41) is 0.358. The van der Waals surface area contributed by atoms with Crippen LogP contribution in [-0.2, 0) is 0 Å². The van der Waals surface area contributed by atoms with E-state index in [1.165, 1.54) is 16.5 Å². The molecule has 0 spiro atoms. The van der Waals surface area contributed by atoms with Gasteiger partial charge in [-0.05, 0) is 12.8 Å². The zero-order valence-electron chi connectivity index (χ0n) is 7.53. The molecule has 0 radical (unpaired) electrons. The molecule has 1 aromatic heterocycles. The zero-order valence-corrected chi connectivity index (χ0v) is 9.25. The lowest BCUT2D eigenvalue weighted by Gasteiger charge is -2.09. The van der Waals surface area contributed by atoms with Crippen LogP contribution in [0.5, 0.6) is 0 Å². The average Bonchev–Trinajstić information content (AvgIpc) is 2.50. The predicted octanol–water partition coefficient (Wildman–Crippen LogP) is 3.17. The Bertz CT molecular complexity index is 245. The van der Waals surface area contributed by atoms with Crippen molar-refractivity contribution < 1.29 is 0 Å². The van der Waals surface area contributed by atoms with Gasteiger partial charge >= 0.3 is 0 Å². The summed E-state index contributed by atoms with van der Waals surface area (Å²) in [5.74, 6) is 0.505. The molecule has 1 aromatic rings. The minimum atomic E-state index is 0.358. The Kier molecular flexibility index (Phi) is 3.53. The Hall–Kier alpha value is -0.0900. The van der Waals surface area contributed by atoms with E-state index >= 15 is 0 Å². The lowest BCUT2D eigenvalue weighted by molar-refractivity contribution is 0.807. The molecule has 12 heavy (non-hydrogen) atoms. The summed E-state index contributed by atoms with van der Waals surface area (Å²) in [6.07, 6.45) is 1.76. The largest absolute Gasteiger partial charge is 0.348 e. The van der Waals surface area contributed by atoms with Crippen molar-refractivity contribution in [3.63, 3.8) is 0 Å². The van der Waals surface area contributed by atoms with Crippen LogP contribution in [0.2, 0.25) is 0 Å². The molecule has 68 valence electrons. The van der Waals surface area contributed by atoms with Crippen molar-refractivity contribution in [1.82, 2.24) is 9.97 Å². The van der Waals surface area contributed by atoms with E-state index in [9.17, 15) is 0 Å². The number of thiol groups is 1. The Balaban J connectivity index is 2.91. The SMILES string of the molecule is CC(C)c1[nH]cnc1C(C)SS. The molecule has 0 aliphatic heterocycles. The van der Waals surface area contributed by atoms with Gasteiger partial charge in [-0.15, -0.1) is 11.7 Å². The number of hydrogen-bond donors (Lipinski definition) is 2. The molecule has 1 atom stereocenters. The second-order valence-corrected chi connectivity index (χ2v) is 4.65. The number of imidazole rings is 1. The van der Waals surface area contributed by atoms with Crippen LogP contribution in [0.25, 0.3) is 0 Å². The van der Waals surface area contributed by atoms with Crippen molar-refractivity contribution in [2.24, 2.45) is 0 Å².